The summed E-state index contributed by atoms with van der Waals surface area (Å²) in [6.45, 7) is 3.08. The van der Waals surface area contributed by atoms with Crippen molar-refractivity contribution >= 4 is 43.4 Å². The summed E-state index contributed by atoms with van der Waals surface area (Å²) in [5, 5.41) is 0. The highest BCUT2D eigenvalue weighted by Gasteiger charge is 2.27. The van der Waals surface area contributed by atoms with Gasteiger partial charge in [0.05, 0.1) is 10.2 Å². The highest BCUT2D eigenvalue weighted by atomic mass is 79.9. The van der Waals surface area contributed by atoms with Crippen LogP contribution in [0.3, 0.4) is 0 Å². The molecular weight excluding hydrogens is 416 g/mol. The molecule has 0 spiro atoms. The normalized spacial score (nSPS) is 16.8. The van der Waals surface area contributed by atoms with Crippen molar-refractivity contribution < 1.29 is 14.3 Å². The molecule has 0 saturated carbocycles. The Bertz CT molecular complexity index is 1040. The first-order chi connectivity index (χ1) is 12.7. The quantitative estimate of drug-likeness (QED) is 0.624. The molecule has 0 saturated heterocycles. The highest BCUT2D eigenvalue weighted by molar-refractivity contribution is 9.10. The van der Waals surface area contributed by atoms with Gasteiger partial charge in [-0.15, -0.1) is 0 Å². The van der Waals surface area contributed by atoms with Gasteiger partial charge in [-0.05, 0) is 36.8 Å². The molecule has 0 bridgehead atoms. The van der Waals surface area contributed by atoms with E-state index in [4.69, 9.17) is 9.47 Å². The Hall–Kier alpha value is -2.12. The van der Waals surface area contributed by atoms with Crippen molar-refractivity contribution in [3.63, 3.8) is 0 Å². The van der Waals surface area contributed by atoms with Crippen molar-refractivity contribution in [2.24, 2.45) is 4.99 Å². The number of halogens is 1. The van der Waals surface area contributed by atoms with Crippen molar-refractivity contribution in [3.8, 4) is 11.5 Å². The summed E-state index contributed by atoms with van der Waals surface area (Å²) in [5.41, 5.74) is 1.08. The standard InChI is InChI=1S/C19H17BrN2O3S/c1-2-9-22-13-8-7-12(20)10-17(13)26-19(22)21-18(23)16-11-24-14-5-3-4-6-15(14)25-16/h3-8,10,16H,2,9,11H2,1H3. The largest absolute Gasteiger partial charge is 0.485 e. The van der Waals surface area contributed by atoms with Gasteiger partial charge in [-0.25, -0.2) is 0 Å². The molecule has 2 heterocycles. The van der Waals surface area contributed by atoms with Gasteiger partial charge >= 0.3 is 0 Å². The molecule has 0 N–H and O–H groups in total. The Kier molecular flexibility index (Phi) is 4.82. The van der Waals surface area contributed by atoms with Gasteiger partial charge in [-0.2, -0.15) is 4.99 Å². The lowest BCUT2D eigenvalue weighted by Gasteiger charge is -2.23. The van der Waals surface area contributed by atoms with Crippen molar-refractivity contribution in [2.75, 3.05) is 6.61 Å². The van der Waals surface area contributed by atoms with Gasteiger partial charge in [0.2, 0.25) is 6.10 Å². The second-order valence-corrected chi connectivity index (χ2v) is 7.89. The molecule has 5 nitrogen and oxygen atoms in total. The Morgan fingerprint density at radius 1 is 1.31 bits per heavy atom. The lowest BCUT2D eigenvalue weighted by Crippen LogP contribution is -2.36. The minimum atomic E-state index is -0.725. The zero-order chi connectivity index (χ0) is 18.1. The van der Waals surface area contributed by atoms with Crippen LogP contribution in [-0.4, -0.2) is 23.2 Å². The molecule has 0 fully saturated rings. The molecule has 1 aliphatic heterocycles. The van der Waals surface area contributed by atoms with E-state index in [-0.39, 0.29) is 12.5 Å². The fraction of sp³-hybridized carbons (Fsp3) is 0.263. The van der Waals surface area contributed by atoms with Crippen molar-refractivity contribution in [1.82, 2.24) is 4.57 Å². The number of hydrogen-bond acceptors (Lipinski definition) is 4. The van der Waals surface area contributed by atoms with Crippen LogP contribution < -0.4 is 14.3 Å². The number of hydrogen-bond donors (Lipinski definition) is 0. The molecular formula is C19H17BrN2O3S. The molecule has 1 aromatic heterocycles. The van der Waals surface area contributed by atoms with Crippen molar-refractivity contribution in [3.05, 3.63) is 51.7 Å². The van der Waals surface area contributed by atoms with Crippen molar-refractivity contribution in [2.45, 2.75) is 26.0 Å². The van der Waals surface area contributed by atoms with E-state index in [1.54, 1.807) is 6.07 Å². The molecule has 3 aromatic rings. The van der Waals surface area contributed by atoms with Crippen LogP contribution in [0.15, 0.2) is 51.9 Å². The number of fused-ring (bicyclic) bond motifs is 2. The van der Waals surface area contributed by atoms with Gasteiger partial charge in [0.15, 0.2) is 16.3 Å². The van der Waals surface area contributed by atoms with E-state index in [1.165, 1.54) is 11.3 Å². The molecule has 4 rings (SSSR count). The summed E-state index contributed by atoms with van der Waals surface area (Å²) in [6.07, 6.45) is 0.233. The fourth-order valence-corrected chi connectivity index (χ4v) is 4.49. The van der Waals surface area contributed by atoms with Crippen LogP contribution in [0.4, 0.5) is 0 Å². The molecule has 1 amide bonds. The van der Waals surface area contributed by atoms with Crippen LogP contribution in [-0.2, 0) is 11.3 Å². The average molecular weight is 433 g/mol. The van der Waals surface area contributed by atoms with Gasteiger partial charge in [0, 0.05) is 11.0 Å². The molecule has 2 aromatic carbocycles. The maximum absolute atomic E-state index is 12.7. The maximum atomic E-state index is 12.7. The monoisotopic (exact) mass is 432 g/mol. The smallest absolute Gasteiger partial charge is 0.292 e. The summed E-state index contributed by atoms with van der Waals surface area (Å²) in [4.78, 5) is 17.7. The first kappa shape index (κ1) is 17.3. The van der Waals surface area contributed by atoms with Gasteiger partial charge in [0.25, 0.3) is 5.91 Å². The third-order valence-corrected chi connectivity index (χ3v) is 5.62. The van der Waals surface area contributed by atoms with Gasteiger partial charge in [0.1, 0.15) is 6.61 Å². The van der Waals surface area contributed by atoms with E-state index in [0.717, 1.165) is 27.7 Å². The number of rotatable bonds is 3. The lowest BCUT2D eigenvalue weighted by atomic mass is 10.2. The zero-order valence-corrected chi connectivity index (χ0v) is 16.5. The third-order valence-electron chi connectivity index (χ3n) is 4.08. The number of para-hydroxylation sites is 2. The molecule has 134 valence electrons. The third kappa shape index (κ3) is 3.29. The number of benzene rings is 2. The predicted octanol–water partition coefficient (Wildman–Crippen LogP) is 4.14. The van der Waals surface area contributed by atoms with Crippen molar-refractivity contribution in [1.29, 1.82) is 0 Å². The van der Waals surface area contributed by atoms with E-state index in [0.29, 0.717) is 16.3 Å². The Labute approximate surface area is 163 Å². The SMILES string of the molecule is CCCn1c(=NC(=O)C2COc3ccccc3O2)sc2cc(Br)ccc21. The summed E-state index contributed by atoms with van der Waals surface area (Å²) in [5.74, 6) is 0.910. The number of aryl methyl sites for hydroxylation is 1. The number of ether oxygens (including phenoxy) is 2. The first-order valence-corrected chi connectivity index (χ1v) is 10.0. The number of aromatic nitrogens is 1. The average Bonchev–Trinajstić information content (AvgIpc) is 2.98. The summed E-state index contributed by atoms with van der Waals surface area (Å²) >= 11 is 5.00. The minimum Gasteiger partial charge on any atom is -0.485 e. The first-order valence-electron chi connectivity index (χ1n) is 8.41. The van der Waals surface area contributed by atoms with E-state index in [1.807, 2.05) is 36.4 Å². The molecule has 7 heteroatoms. The molecule has 0 radical (unpaired) electrons. The van der Waals surface area contributed by atoms with Gasteiger partial charge < -0.3 is 14.0 Å². The molecule has 1 unspecified atom stereocenters. The Morgan fingerprint density at radius 2 is 2.12 bits per heavy atom. The van der Waals surface area contributed by atoms with Gasteiger partial charge in [-0.3, -0.25) is 4.79 Å². The summed E-state index contributed by atoms with van der Waals surface area (Å²) in [7, 11) is 0. The van der Waals surface area contributed by atoms with Crippen LogP contribution in [0, 0.1) is 0 Å². The molecule has 1 aliphatic rings. The topological polar surface area (TPSA) is 52.8 Å². The molecule has 0 aliphatic carbocycles. The summed E-state index contributed by atoms with van der Waals surface area (Å²) < 4.78 is 15.6. The summed E-state index contributed by atoms with van der Waals surface area (Å²) in [6, 6.07) is 13.4. The van der Waals surface area contributed by atoms with Crippen LogP contribution in [0.5, 0.6) is 11.5 Å². The van der Waals surface area contributed by atoms with Crippen LogP contribution >= 0.6 is 27.3 Å². The van der Waals surface area contributed by atoms with Gasteiger partial charge in [-0.1, -0.05) is 46.3 Å². The Balaban J connectivity index is 1.69. The van der Waals surface area contributed by atoms with E-state index in [9.17, 15) is 4.79 Å². The maximum Gasteiger partial charge on any atom is 0.292 e. The van der Waals surface area contributed by atoms with Crippen LogP contribution in [0.25, 0.3) is 10.2 Å². The van der Waals surface area contributed by atoms with Crippen LogP contribution in [0.2, 0.25) is 0 Å². The number of amides is 1. The number of nitrogens with zero attached hydrogens (tertiary/aromatic N) is 2. The van der Waals surface area contributed by atoms with Crippen LogP contribution in [0.1, 0.15) is 13.3 Å². The number of carbonyl (C=O) groups is 1. The number of thiazole rings is 1. The lowest BCUT2D eigenvalue weighted by molar-refractivity contribution is -0.127. The molecule has 1 atom stereocenters. The second-order valence-electron chi connectivity index (χ2n) is 5.96. The zero-order valence-electron chi connectivity index (χ0n) is 14.1. The van der Waals surface area contributed by atoms with E-state index < -0.39 is 6.10 Å². The Morgan fingerprint density at radius 3 is 2.92 bits per heavy atom. The van der Waals surface area contributed by atoms with E-state index in [2.05, 4.69) is 32.4 Å². The molecule has 26 heavy (non-hydrogen) atoms. The minimum absolute atomic E-state index is 0.170. The second kappa shape index (κ2) is 7.25. The fourth-order valence-electron chi connectivity index (χ4n) is 2.88. The van der Waals surface area contributed by atoms with E-state index >= 15 is 0 Å². The highest BCUT2D eigenvalue weighted by Crippen LogP contribution is 2.31. The number of carbonyl (C=O) groups excluding carboxylic acids is 1. The predicted molar refractivity (Wildman–Crippen MR) is 105 cm³/mol.